The van der Waals surface area contributed by atoms with Crippen molar-refractivity contribution in [1.82, 2.24) is 0 Å². The average Bonchev–Trinajstić information content (AvgIpc) is 2.09. The van der Waals surface area contributed by atoms with Crippen LogP contribution in [-0.2, 0) is 0 Å². The number of phenolic OH excluding ortho intramolecular Hbond substituents is 1. The highest BCUT2D eigenvalue weighted by molar-refractivity contribution is 14.1. The molecule has 1 aromatic rings. The molecule has 0 atom stereocenters. The molecule has 0 radical (unpaired) electrons. The molecule has 0 bridgehead atoms. The maximum absolute atomic E-state index is 9.38. The Kier molecular flexibility index (Phi) is 3.02. The maximum Gasteiger partial charge on any atom is 0.139 e. The van der Waals surface area contributed by atoms with Gasteiger partial charge < -0.3 is 14.6 Å². The predicted octanol–water partition coefficient (Wildman–Crippen LogP) is 2.01. The number of ether oxygens (including phenoxy) is 2. The lowest BCUT2D eigenvalue weighted by Crippen LogP contribution is -1.89. The molecule has 0 aromatic heterocycles. The third kappa shape index (κ3) is 1.74. The number of halogens is 1. The standard InChI is InChI=1S/C8H9IO3/c1-11-5-3-6(10)8(9)7(4-5)12-2/h3-4,10H,1-2H3. The molecule has 0 saturated carbocycles. The Hall–Kier alpha value is -0.650. The molecule has 0 aliphatic heterocycles. The fraction of sp³-hybridized carbons (Fsp3) is 0.250. The third-order valence-corrected chi connectivity index (χ3v) is 2.53. The lowest BCUT2D eigenvalue weighted by Gasteiger charge is -2.07. The topological polar surface area (TPSA) is 38.7 Å². The third-order valence-electron chi connectivity index (χ3n) is 1.45. The molecule has 0 saturated heterocycles. The number of hydrogen-bond acceptors (Lipinski definition) is 3. The first-order valence-electron chi connectivity index (χ1n) is 3.29. The van der Waals surface area contributed by atoms with Crippen LogP contribution in [0.1, 0.15) is 0 Å². The summed E-state index contributed by atoms with van der Waals surface area (Å²) >= 11 is 2.01. The van der Waals surface area contributed by atoms with Gasteiger partial charge in [-0.25, -0.2) is 0 Å². The highest BCUT2D eigenvalue weighted by Gasteiger charge is 2.07. The van der Waals surface area contributed by atoms with Gasteiger partial charge in [-0.3, -0.25) is 0 Å². The molecule has 1 aromatic carbocycles. The van der Waals surface area contributed by atoms with Crippen LogP contribution in [0.4, 0.5) is 0 Å². The van der Waals surface area contributed by atoms with Crippen molar-refractivity contribution in [3.63, 3.8) is 0 Å². The van der Waals surface area contributed by atoms with E-state index in [2.05, 4.69) is 0 Å². The Morgan fingerprint density at radius 1 is 1.25 bits per heavy atom. The van der Waals surface area contributed by atoms with Crippen molar-refractivity contribution in [3.8, 4) is 17.2 Å². The summed E-state index contributed by atoms with van der Waals surface area (Å²) in [5.41, 5.74) is 0. The molecule has 3 nitrogen and oxygen atoms in total. The Bertz CT molecular complexity index is 286. The van der Waals surface area contributed by atoms with E-state index in [0.29, 0.717) is 15.1 Å². The van der Waals surface area contributed by atoms with E-state index < -0.39 is 0 Å². The van der Waals surface area contributed by atoms with E-state index >= 15 is 0 Å². The van der Waals surface area contributed by atoms with Gasteiger partial charge in [0, 0.05) is 12.1 Å². The van der Waals surface area contributed by atoms with Crippen molar-refractivity contribution in [3.05, 3.63) is 15.7 Å². The zero-order valence-corrected chi connectivity index (χ0v) is 8.95. The zero-order valence-electron chi connectivity index (χ0n) is 6.80. The molecule has 12 heavy (non-hydrogen) atoms. The number of hydrogen-bond donors (Lipinski definition) is 1. The van der Waals surface area contributed by atoms with E-state index in [4.69, 9.17) is 9.47 Å². The summed E-state index contributed by atoms with van der Waals surface area (Å²) in [5.74, 6) is 1.38. The molecule has 1 N–H and O–H groups in total. The van der Waals surface area contributed by atoms with E-state index in [1.807, 2.05) is 22.6 Å². The van der Waals surface area contributed by atoms with Gasteiger partial charge in [0.1, 0.15) is 17.2 Å². The molecule has 0 amide bonds. The molecule has 1 rings (SSSR count). The summed E-state index contributed by atoms with van der Waals surface area (Å²) < 4.78 is 10.7. The van der Waals surface area contributed by atoms with Crippen LogP contribution in [-0.4, -0.2) is 19.3 Å². The summed E-state index contributed by atoms with van der Waals surface area (Å²) in [5, 5.41) is 9.38. The van der Waals surface area contributed by atoms with Crippen LogP contribution >= 0.6 is 22.6 Å². The minimum atomic E-state index is 0.173. The molecule has 4 heteroatoms. The smallest absolute Gasteiger partial charge is 0.139 e. The van der Waals surface area contributed by atoms with Gasteiger partial charge in [-0.1, -0.05) is 0 Å². The molecule has 0 spiro atoms. The van der Waals surface area contributed by atoms with Crippen LogP contribution in [0.25, 0.3) is 0 Å². The van der Waals surface area contributed by atoms with Gasteiger partial charge in [-0.15, -0.1) is 0 Å². The van der Waals surface area contributed by atoms with E-state index in [0.717, 1.165) is 0 Å². The molecule has 0 aliphatic rings. The van der Waals surface area contributed by atoms with Gasteiger partial charge in [0.25, 0.3) is 0 Å². The number of phenols is 1. The zero-order chi connectivity index (χ0) is 9.14. The first-order chi connectivity index (χ1) is 5.69. The summed E-state index contributed by atoms with van der Waals surface area (Å²) in [6.07, 6.45) is 0. The van der Waals surface area contributed by atoms with Crippen LogP contribution in [0, 0.1) is 3.57 Å². The lowest BCUT2D eigenvalue weighted by molar-refractivity contribution is 0.381. The minimum absolute atomic E-state index is 0.173. The monoisotopic (exact) mass is 280 g/mol. The van der Waals surface area contributed by atoms with Gasteiger partial charge >= 0.3 is 0 Å². The van der Waals surface area contributed by atoms with Crippen LogP contribution in [0.2, 0.25) is 0 Å². The van der Waals surface area contributed by atoms with Gasteiger partial charge in [-0.2, -0.15) is 0 Å². The Morgan fingerprint density at radius 2 is 1.92 bits per heavy atom. The summed E-state index contributed by atoms with van der Waals surface area (Å²) in [4.78, 5) is 0. The second-order valence-corrected chi connectivity index (χ2v) is 3.24. The quantitative estimate of drug-likeness (QED) is 0.842. The largest absolute Gasteiger partial charge is 0.507 e. The molecule has 0 aliphatic carbocycles. The van der Waals surface area contributed by atoms with Crippen molar-refractivity contribution in [2.75, 3.05) is 14.2 Å². The van der Waals surface area contributed by atoms with Gasteiger partial charge in [0.15, 0.2) is 0 Å². The second-order valence-electron chi connectivity index (χ2n) is 2.16. The molecule has 0 heterocycles. The predicted molar refractivity (Wildman–Crippen MR) is 53.9 cm³/mol. The fourth-order valence-corrected chi connectivity index (χ4v) is 1.36. The highest BCUT2D eigenvalue weighted by Crippen LogP contribution is 2.33. The number of benzene rings is 1. The SMILES string of the molecule is COc1cc(O)c(I)c(OC)c1. The van der Waals surface area contributed by atoms with Crippen LogP contribution in [0.15, 0.2) is 12.1 Å². The molecular formula is C8H9IO3. The van der Waals surface area contributed by atoms with Gasteiger partial charge in [0.05, 0.1) is 17.8 Å². The fourth-order valence-electron chi connectivity index (χ4n) is 0.825. The van der Waals surface area contributed by atoms with E-state index in [1.54, 1.807) is 26.4 Å². The van der Waals surface area contributed by atoms with Gasteiger partial charge in [0.2, 0.25) is 0 Å². The van der Waals surface area contributed by atoms with Crippen molar-refractivity contribution < 1.29 is 14.6 Å². The Morgan fingerprint density at radius 3 is 2.42 bits per heavy atom. The Labute approximate surface area is 84.4 Å². The maximum atomic E-state index is 9.38. The van der Waals surface area contributed by atoms with Crippen LogP contribution in [0.5, 0.6) is 17.2 Å². The molecule has 0 fully saturated rings. The van der Waals surface area contributed by atoms with E-state index in [9.17, 15) is 5.11 Å². The first kappa shape index (κ1) is 9.44. The second kappa shape index (κ2) is 3.84. The Balaban J connectivity index is 3.19. The summed E-state index contributed by atoms with van der Waals surface area (Å²) in [6.45, 7) is 0. The molecular weight excluding hydrogens is 271 g/mol. The van der Waals surface area contributed by atoms with Crippen molar-refractivity contribution in [1.29, 1.82) is 0 Å². The number of rotatable bonds is 2. The summed E-state index contributed by atoms with van der Waals surface area (Å²) in [6, 6.07) is 3.27. The number of methoxy groups -OCH3 is 2. The highest BCUT2D eigenvalue weighted by atomic mass is 127. The number of aromatic hydroxyl groups is 1. The molecule has 0 unspecified atom stereocenters. The molecule has 66 valence electrons. The first-order valence-corrected chi connectivity index (χ1v) is 4.37. The van der Waals surface area contributed by atoms with Gasteiger partial charge in [-0.05, 0) is 22.6 Å². The summed E-state index contributed by atoms with van der Waals surface area (Å²) in [7, 11) is 3.09. The minimum Gasteiger partial charge on any atom is -0.507 e. The van der Waals surface area contributed by atoms with E-state index in [1.165, 1.54) is 0 Å². The van der Waals surface area contributed by atoms with Crippen LogP contribution < -0.4 is 9.47 Å². The van der Waals surface area contributed by atoms with E-state index in [-0.39, 0.29) is 5.75 Å². The normalized spacial score (nSPS) is 9.58. The van der Waals surface area contributed by atoms with Crippen molar-refractivity contribution in [2.45, 2.75) is 0 Å². The van der Waals surface area contributed by atoms with Crippen molar-refractivity contribution >= 4 is 22.6 Å². The lowest BCUT2D eigenvalue weighted by atomic mass is 10.3. The van der Waals surface area contributed by atoms with Crippen LogP contribution in [0.3, 0.4) is 0 Å². The van der Waals surface area contributed by atoms with Crippen molar-refractivity contribution in [2.24, 2.45) is 0 Å². The average molecular weight is 280 g/mol.